The highest BCUT2D eigenvalue weighted by atomic mass is 32.2. The summed E-state index contributed by atoms with van der Waals surface area (Å²) in [5.41, 5.74) is 1.56. The molecule has 14 heteroatoms. The van der Waals surface area contributed by atoms with E-state index >= 15 is 0 Å². The molecule has 0 aliphatic carbocycles. The second-order valence-corrected chi connectivity index (χ2v) is 13.4. The van der Waals surface area contributed by atoms with Gasteiger partial charge in [0.15, 0.2) is 0 Å². The summed E-state index contributed by atoms with van der Waals surface area (Å²) in [6.45, 7) is 0. The third-order valence-corrected chi connectivity index (χ3v) is 9.95. The van der Waals surface area contributed by atoms with Gasteiger partial charge in [-0.3, -0.25) is 9.52 Å². The van der Waals surface area contributed by atoms with E-state index < -0.39 is 53.9 Å². The van der Waals surface area contributed by atoms with Gasteiger partial charge in [-0.15, -0.1) is 0 Å². The fourth-order valence-electron chi connectivity index (χ4n) is 4.70. The van der Waals surface area contributed by atoms with Crippen molar-refractivity contribution in [3.05, 3.63) is 119 Å². The Morgan fingerprint density at radius 3 is 2.33 bits per heavy atom. The van der Waals surface area contributed by atoms with Gasteiger partial charge in [0, 0.05) is 18.3 Å². The lowest BCUT2D eigenvalue weighted by molar-refractivity contribution is -0.137. The number of imidazole rings is 1. The average molecular weight is 619 g/mol. The van der Waals surface area contributed by atoms with Crippen LogP contribution in [0.1, 0.15) is 51.5 Å². The molecular weight excluding hydrogens is 593 g/mol. The number of hydrogen-bond donors (Lipinski definition) is 3. The van der Waals surface area contributed by atoms with Crippen molar-refractivity contribution in [1.29, 1.82) is 0 Å². The number of carbonyl (C=O) groups is 1. The van der Waals surface area contributed by atoms with Crippen molar-refractivity contribution < 1.29 is 34.8 Å². The van der Waals surface area contributed by atoms with Crippen LogP contribution in [-0.4, -0.2) is 32.7 Å². The predicted molar refractivity (Wildman–Crippen MR) is 147 cm³/mol. The fourth-order valence-corrected chi connectivity index (χ4v) is 7.37. The highest BCUT2D eigenvalue weighted by Gasteiger charge is 2.38. The second kappa shape index (κ2) is 11.3. The van der Waals surface area contributed by atoms with Crippen LogP contribution < -0.4 is 9.44 Å². The molecule has 0 radical (unpaired) electrons. The van der Waals surface area contributed by atoms with Crippen LogP contribution in [0.15, 0.2) is 90.0 Å². The van der Waals surface area contributed by atoms with Crippen molar-refractivity contribution in [2.45, 2.75) is 41.6 Å². The van der Waals surface area contributed by atoms with Gasteiger partial charge in [0.25, 0.3) is 0 Å². The van der Waals surface area contributed by atoms with E-state index in [1.165, 1.54) is 0 Å². The Kier molecular flexibility index (Phi) is 7.96. The van der Waals surface area contributed by atoms with Crippen molar-refractivity contribution in [2.24, 2.45) is 0 Å². The number of hydrogen-bond acceptors (Lipinski definition) is 6. The molecular formula is C28H25F3N4O5S2. The molecule has 5 rings (SSSR count). The van der Waals surface area contributed by atoms with E-state index in [4.69, 9.17) is 0 Å². The average Bonchev–Trinajstić information content (AvgIpc) is 3.51. The van der Waals surface area contributed by atoms with Crippen molar-refractivity contribution in [3.63, 3.8) is 0 Å². The molecule has 2 unspecified atom stereocenters. The maximum absolute atomic E-state index is 13.3. The zero-order chi connectivity index (χ0) is 30.1. The van der Waals surface area contributed by atoms with E-state index in [-0.39, 0.29) is 18.7 Å². The standard InChI is InChI=1S/C28H25F3N4O5S2/c29-28(30,31)21-7-4-8-23(15-21)41(37,38)34-24(27-32-17-22(33-27)13-18-5-2-1-3-6-18)14-19-9-11-20(12-10-19)25-16-26(36)35-42(25,39)40/h1-12,15,17,24-25,34H,13-14,16H2,(H,32,33)(H,35,36). The second-order valence-electron chi connectivity index (χ2n) is 9.86. The van der Waals surface area contributed by atoms with Crippen LogP contribution in [-0.2, 0) is 43.9 Å². The van der Waals surface area contributed by atoms with Crippen LogP contribution in [0.5, 0.6) is 0 Å². The number of sulfonamides is 2. The minimum Gasteiger partial charge on any atom is -0.344 e. The Morgan fingerprint density at radius 1 is 0.976 bits per heavy atom. The number of aromatic amines is 1. The van der Waals surface area contributed by atoms with E-state index in [1.807, 2.05) is 35.1 Å². The van der Waals surface area contributed by atoms with Gasteiger partial charge < -0.3 is 4.98 Å². The number of benzene rings is 3. The number of H-pyrrole nitrogens is 1. The zero-order valence-corrected chi connectivity index (χ0v) is 23.4. The maximum Gasteiger partial charge on any atom is 0.416 e. The summed E-state index contributed by atoms with van der Waals surface area (Å²) in [4.78, 5) is 18.6. The third kappa shape index (κ3) is 6.72. The maximum atomic E-state index is 13.3. The fraction of sp³-hybridized carbons (Fsp3) is 0.214. The van der Waals surface area contributed by atoms with Gasteiger partial charge in [-0.05, 0) is 41.3 Å². The van der Waals surface area contributed by atoms with Gasteiger partial charge in [0.1, 0.15) is 11.1 Å². The molecule has 0 spiro atoms. The summed E-state index contributed by atoms with van der Waals surface area (Å²) in [6, 6.07) is 18.2. The van der Waals surface area contributed by atoms with E-state index in [9.17, 15) is 34.8 Å². The first-order valence-corrected chi connectivity index (χ1v) is 15.7. The molecule has 1 fully saturated rings. The Bertz CT molecular complexity index is 1810. The molecule has 3 N–H and O–H groups in total. The molecule has 1 aliphatic rings. The lowest BCUT2D eigenvalue weighted by Gasteiger charge is -2.18. The lowest BCUT2D eigenvalue weighted by atomic mass is 10.0. The van der Waals surface area contributed by atoms with Gasteiger partial charge in [0.05, 0.1) is 22.9 Å². The van der Waals surface area contributed by atoms with Gasteiger partial charge in [-0.2, -0.15) is 13.2 Å². The topological polar surface area (TPSA) is 138 Å². The lowest BCUT2D eigenvalue weighted by Crippen LogP contribution is -2.31. The minimum atomic E-state index is -4.73. The monoisotopic (exact) mass is 618 g/mol. The van der Waals surface area contributed by atoms with Crippen LogP contribution in [0.2, 0.25) is 0 Å². The Hall–Kier alpha value is -4.01. The molecule has 0 bridgehead atoms. The molecule has 1 amide bonds. The zero-order valence-electron chi connectivity index (χ0n) is 21.8. The van der Waals surface area contributed by atoms with E-state index in [0.717, 1.165) is 23.8 Å². The molecule has 2 atom stereocenters. The quantitative estimate of drug-likeness (QED) is 0.258. The van der Waals surface area contributed by atoms with Crippen molar-refractivity contribution in [3.8, 4) is 0 Å². The number of halogens is 3. The SMILES string of the molecule is O=C1CC(c2ccc(CC(NS(=O)(=O)c3cccc(C(F)(F)F)c3)c3ncc(Cc4ccccc4)[nH]3)cc2)S(=O)(=O)N1. The van der Waals surface area contributed by atoms with E-state index in [0.29, 0.717) is 29.3 Å². The molecule has 1 aromatic heterocycles. The number of carbonyl (C=O) groups excluding carboxylic acids is 1. The number of amides is 1. The Balaban J connectivity index is 1.44. The van der Waals surface area contributed by atoms with Crippen LogP contribution in [0.4, 0.5) is 13.2 Å². The molecule has 42 heavy (non-hydrogen) atoms. The normalized spacial score (nSPS) is 17.6. The first-order chi connectivity index (χ1) is 19.8. The van der Waals surface area contributed by atoms with Crippen LogP contribution >= 0.6 is 0 Å². The van der Waals surface area contributed by atoms with Crippen molar-refractivity contribution in [2.75, 3.05) is 0 Å². The van der Waals surface area contributed by atoms with Gasteiger partial charge in [-0.25, -0.2) is 26.5 Å². The molecule has 220 valence electrons. The molecule has 1 aliphatic heterocycles. The van der Waals surface area contributed by atoms with Crippen LogP contribution in [0.3, 0.4) is 0 Å². The Labute approximate surface area is 240 Å². The highest BCUT2D eigenvalue weighted by molar-refractivity contribution is 7.90. The first-order valence-electron chi connectivity index (χ1n) is 12.7. The van der Waals surface area contributed by atoms with Gasteiger partial charge in [0.2, 0.25) is 26.0 Å². The molecule has 0 saturated carbocycles. The number of nitrogens with zero attached hydrogens (tertiary/aromatic N) is 1. The minimum absolute atomic E-state index is 0.0331. The molecule has 2 heterocycles. The summed E-state index contributed by atoms with van der Waals surface area (Å²) in [6.07, 6.45) is -2.86. The number of alkyl halides is 3. The number of nitrogens with one attached hydrogen (secondary N) is 3. The summed E-state index contributed by atoms with van der Waals surface area (Å²) in [5.74, 6) is -0.356. The summed E-state index contributed by atoms with van der Waals surface area (Å²) >= 11 is 0. The highest BCUT2D eigenvalue weighted by Crippen LogP contribution is 2.32. The molecule has 1 saturated heterocycles. The Morgan fingerprint density at radius 2 is 1.69 bits per heavy atom. The molecule has 4 aromatic rings. The van der Waals surface area contributed by atoms with Crippen LogP contribution in [0, 0.1) is 0 Å². The smallest absolute Gasteiger partial charge is 0.344 e. The van der Waals surface area contributed by atoms with E-state index in [2.05, 4.69) is 14.7 Å². The van der Waals surface area contributed by atoms with Gasteiger partial charge in [-0.1, -0.05) is 60.7 Å². The van der Waals surface area contributed by atoms with Crippen LogP contribution in [0.25, 0.3) is 0 Å². The van der Waals surface area contributed by atoms with E-state index in [1.54, 1.807) is 30.5 Å². The summed E-state index contributed by atoms with van der Waals surface area (Å²) < 4.78 is 95.3. The molecule has 9 nitrogen and oxygen atoms in total. The van der Waals surface area contributed by atoms with Crippen molar-refractivity contribution in [1.82, 2.24) is 19.4 Å². The number of aromatic nitrogens is 2. The van der Waals surface area contributed by atoms with Crippen molar-refractivity contribution >= 4 is 26.0 Å². The molecule has 3 aromatic carbocycles. The van der Waals surface area contributed by atoms with Gasteiger partial charge >= 0.3 is 6.18 Å². The summed E-state index contributed by atoms with van der Waals surface area (Å²) in [7, 11) is -8.28. The summed E-state index contributed by atoms with van der Waals surface area (Å²) in [5, 5.41) is -1.04. The number of rotatable bonds is 9. The largest absolute Gasteiger partial charge is 0.416 e. The predicted octanol–water partition coefficient (Wildman–Crippen LogP) is 4.17. The first kappa shape index (κ1) is 29.5. The third-order valence-electron chi connectivity index (χ3n) is 6.78.